The summed E-state index contributed by atoms with van der Waals surface area (Å²) < 4.78 is 25.7. The summed E-state index contributed by atoms with van der Waals surface area (Å²) in [7, 11) is 0. The third kappa shape index (κ3) is 4.54. The lowest BCUT2D eigenvalue weighted by atomic mass is 9.91. The van der Waals surface area contributed by atoms with Gasteiger partial charge in [0.05, 0.1) is 0 Å². The second-order valence-corrected chi connectivity index (χ2v) is 4.83. The van der Waals surface area contributed by atoms with Gasteiger partial charge in [-0.15, -0.1) is 12.4 Å². The van der Waals surface area contributed by atoms with E-state index in [1.54, 1.807) is 6.07 Å². The molecule has 1 aliphatic heterocycles. The van der Waals surface area contributed by atoms with Gasteiger partial charge in [-0.1, -0.05) is 12.5 Å². The van der Waals surface area contributed by atoms with E-state index in [0.29, 0.717) is 0 Å². The molecule has 0 saturated carbocycles. The van der Waals surface area contributed by atoms with E-state index < -0.39 is 11.6 Å². The van der Waals surface area contributed by atoms with E-state index in [0.717, 1.165) is 37.4 Å². The summed E-state index contributed by atoms with van der Waals surface area (Å²) in [4.78, 5) is 0. The Labute approximate surface area is 113 Å². The number of aryl methyl sites for hydroxylation is 1. The van der Waals surface area contributed by atoms with Gasteiger partial charge < -0.3 is 5.32 Å². The Morgan fingerprint density at radius 3 is 2.50 bits per heavy atom. The molecule has 18 heavy (non-hydrogen) atoms. The van der Waals surface area contributed by atoms with Crippen LogP contribution in [0.4, 0.5) is 8.78 Å². The maximum absolute atomic E-state index is 13.0. The number of hydrogen-bond donors (Lipinski definition) is 1. The summed E-state index contributed by atoms with van der Waals surface area (Å²) in [6.45, 7) is 2.24. The van der Waals surface area contributed by atoms with Crippen molar-refractivity contribution >= 4 is 12.4 Å². The smallest absolute Gasteiger partial charge is 0.159 e. The molecule has 1 nitrogen and oxygen atoms in total. The zero-order chi connectivity index (χ0) is 12.1. The molecule has 1 N–H and O–H groups in total. The average molecular weight is 276 g/mol. The third-order valence-corrected chi connectivity index (χ3v) is 3.52. The Kier molecular flexibility index (Phi) is 6.58. The highest BCUT2D eigenvalue weighted by Crippen LogP contribution is 2.19. The molecule has 0 radical (unpaired) electrons. The van der Waals surface area contributed by atoms with Crippen LogP contribution in [0.15, 0.2) is 18.2 Å². The van der Waals surface area contributed by atoms with Crippen LogP contribution in [0.1, 0.15) is 31.2 Å². The predicted molar refractivity (Wildman–Crippen MR) is 72.1 cm³/mol. The number of nitrogens with one attached hydrogen (secondary N) is 1. The molecule has 2 rings (SSSR count). The van der Waals surface area contributed by atoms with E-state index in [-0.39, 0.29) is 12.4 Å². The van der Waals surface area contributed by atoms with Crippen molar-refractivity contribution in [1.29, 1.82) is 0 Å². The molecule has 0 bridgehead atoms. The molecule has 0 aliphatic carbocycles. The minimum atomic E-state index is -0.757. The minimum Gasteiger partial charge on any atom is -0.317 e. The number of halogens is 3. The highest BCUT2D eigenvalue weighted by Gasteiger charge is 2.12. The summed E-state index contributed by atoms with van der Waals surface area (Å²) in [5.74, 6) is -0.682. The summed E-state index contributed by atoms with van der Waals surface area (Å²) >= 11 is 0. The predicted octanol–water partition coefficient (Wildman–Crippen LogP) is 3.71. The summed E-state index contributed by atoms with van der Waals surface area (Å²) in [5.41, 5.74) is 0.901. The lowest BCUT2D eigenvalue weighted by Crippen LogP contribution is -2.27. The van der Waals surface area contributed by atoms with Gasteiger partial charge in [-0.3, -0.25) is 0 Å². The second-order valence-electron chi connectivity index (χ2n) is 4.83. The molecule has 1 aromatic carbocycles. The number of rotatable bonds is 4. The van der Waals surface area contributed by atoms with Gasteiger partial charge in [0, 0.05) is 0 Å². The van der Waals surface area contributed by atoms with Crippen molar-refractivity contribution in [3.63, 3.8) is 0 Å². The van der Waals surface area contributed by atoms with Gasteiger partial charge >= 0.3 is 0 Å². The van der Waals surface area contributed by atoms with Crippen molar-refractivity contribution in [2.75, 3.05) is 13.1 Å². The van der Waals surface area contributed by atoms with E-state index in [1.165, 1.54) is 31.4 Å². The maximum atomic E-state index is 13.0. The van der Waals surface area contributed by atoms with E-state index in [4.69, 9.17) is 0 Å². The van der Waals surface area contributed by atoms with Crippen LogP contribution < -0.4 is 5.32 Å². The lowest BCUT2D eigenvalue weighted by Gasteiger charge is -2.22. The topological polar surface area (TPSA) is 12.0 Å². The molecule has 0 aromatic heterocycles. The van der Waals surface area contributed by atoms with Crippen molar-refractivity contribution in [2.45, 2.75) is 32.1 Å². The third-order valence-electron chi connectivity index (χ3n) is 3.52. The molecule has 102 valence electrons. The highest BCUT2D eigenvalue weighted by atomic mass is 35.5. The molecule has 4 heteroatoms. The van der Waals surface area contributed by atoms with Gasteiger partial charge in [0.15, 0.2) is 11.6 Å². The molecule has 1 fully saturated rings. The maximum Gasteiger partial charge on any atom is 0.159 e. The SMILES string of the molecule is Cl.Fc1ccc(CCCC2CCNCC2)cc1F. The highest BCUT2D eigenvalue weighted by molar-refractivity contribution is 5.85. The van der Waals surface area contributed by atoms with E-state index in [2.05, 4.69) is 5.32 Å². The quantitative estimate of drug-likeness (QED) is 0.883. The fraction of sp³-hybridized carbons (Fsp3) is 0.571. The van der Waals surface area contributed by atoms with Crippen molar-refractivity contribution < 1.29 is 8.78 Å². The Bertz CT molecular complexity index is 365. The van der Waals surface area contributed by atoms with Gasteiger partial charge in [0.25, 0.3) is 0 Å². The van der Waals surface area contributed by atoms with Crippen LogP contribution >= 0.6 is 12.4 Å². The van der Waals surface area contributed by atoms with Gasteiger partial charge in [-0.05, 0) is 62.4 Å². The molecule has 1 aliphatic rings. The zero-order valence-electron chi connectivity index (χ0n) is 10.4. The van der Waals surface area contributed by atoms with Gasteiger partial charge in [-0.2, -0.15) is 0 Å². The molecule has 1 heterocycles. The fourth-order valence-electron chi connectivity index (χ4n) is 2.46. The fourth-order valence-corrected chi connectivity index (χ4v) is 2.46. The first-order valence-corrected chi connectivity index (χ1v) is 6.40. The molecule has 0 spiro atoms. The Morgan fingerprint density at radius 2 is 1.83 bits per heavy atom. The molecule has 1 aromatic rings. The monoisotopic (exact) mass is 275 g/mol. The summed E-state index contributed by atoms with van der Waals surface area (Å²) in [5, 5.41) is 3.35. The Morgan fingerprint density at radius 1 is 1.11 bits per heavy atom. The van der Waals surface area contributed by atoms with Crippen LogP contribution in [0, 0.1) is 17.6 Å². The van der Waals surface area contributed by atoms with E-state index in [9.17, 15) is 8.78 Å². The standard InChI is InChI=1S/C14H19F2N.ClH/c15-13-5-4-12(10-14(13)16)3-1-2-11-6-8-17-9-7-11;/h4-5,10-11,17H,1-3,6-9H2;1H. The number of benzene rings is 1. The normalized spacial score (nSPS) is 16.3. The second kappa shape index (κ2) is 7.70. The van der Waals surface area contributed by atoms with Crippen molar-refractivity contribution in [3.8, 4) is 0 Å². The van der Waals surface area contributed by atoms with Crippen LogP contribution in [0.3, 0.4) is 0 Å². The number of hydrogen-bond acceptors (Lipinski definition) is 1. The van der Waals surface area contributed by atoms with Crippen LogP contribution in [-0.2, 0) is 6.42 Å². The first-order valence-electron chi connectivity index (χ1n) is 6.40. The van der Waals surface area contributed by atoms with Crippen LogP contribution in [0.5, 0.6) is 0 Å². The molecule has 0 unspecified atom stereocenters. The molecule has 0 amide bonds. The summed E-state index contributed by atoms with van der Waals surface area (Å²) in [6.07, 6.45) is 5.60. The van der Waals surface area contributed by atoms with Crippen molar-refractivity contribution in [1.82, 2.24) is 5.32 Å². The zero-order valence-corrected chi connectivity index (χ0v) is 11.2. The van der Waals surface area contributed by atoms with Crippen LogP contribution in [0.2, 0.25) is 0 Å². The average Bonchev–Trinajstić information content (AvgIpc) is 2.35. The van der Waals surface area contributed by atoms with Gasteiger partial charge in [0.2, 0.25) is 0 Å². The van der Waals surface area contributed by atoms with Gasteiger partial charge in [0.1, 0.15) is 0 Å². The van der Waals surface area contributed by atoms with Crippen molar-refractivity contribution in [2.24, 2.45) is 5.92 Å². The van der Waals surface area contributed by atoms with E-state index in [1.807, 2.05) is 0 Å². The Balaban J connectivity index is 0.00000162. The lowest BCUT2D eigenvalue weighted by molar-refractivity contribution is 0.347. The number of piperidine rings is 1. The Hall–Kier alpha value is -0.670. The molecular formula is C14H20ClF2N. The van der Waals surface area contributed by atoms with Gasteiger partial charge in [-0.25, -0.2) is 8.78 Å². The molecular weight excluding hydrogens is 256 g/mol. The van der Waals surface area contributed by atoms with E-state index >= 15 is 0 Å². The summed E-state index contributed by atoms with van der Waals surface area (Å²) in [6, 6.07) is 4.22. The minimum absolute atomic E-state index is 0. The first-order chi connectivity index (χ1) is 8.25. The van der Waals surface area contributed by atoms with Crippen molar-refractivity contribution in [3.05, 3.63) is 35.4 Å². The molecule has 0 atom stereocenters. The first kappa shape index (κ1) is 15.4. The van der Waals surface area contributed by atoms with Crippen LogP contribution in [0.25, 0.3) is 0 Å². The largest absolute Gasteiger partial charge is 0.317 e. The molecule has 1 saturated heterocycles. The van der Waals surface area contributed by atoms with Crippen LogP contribution in [-0.4, -0.2) is 13.1 Å².